The van der Waals surface area contributed by atoms with Crippen LogP contribution in [0.5, 0.6) is 0 Å². The van der Waals surface area contributed by atoms with E-state index in [0.29, 0.717) is 30.8 Å². The molecular weight excluding hydrogens is 330 g/mol. The molecule has 0 aromatic rings. The second kappa shape index (κ2) is 12.2. The van der Waals surface area contributed by atoms with Crippen molar-refractivity contribution in [3.05, 3.63) is 0 Å². The molecular formula is C21H39NO4. The van der Waals surface area contributed by atoms with E-state index in [9.17, 15) is 9.59 Å². The molecule has 5 nitrogen and oxygen atoms in total. The summed E-state index contributed by atoms with van der Waals surface area (Å²) >= 11 is 0. The first-order valence-electron chi connectivity index (χ1n) is 10.5. The zero-order chi connectivity index (χ0) is 19.5. The molecule has 0 aliphatic heterocycles. The van der Waals surface area contributed by atoms with E-state index in [-0.39, 0.29) is 12.1 Å². The molecule has 0 radical (unpaired) electrons. The van der Waals surface area contributed by atoms with Crippen molar-refractivity contribution in [2.24, 2.45) is 17.8 Å². The van der Waals surface area contributed by atoms with E-state index in [1.54, 1.807) is 0 Å². The molecule has 1 aliphatic carbocycles. The monoisotopic (exact) mass is 369 g/mol. The van der Waals surface area contributed by atoms with Gasteiger partial charge in [-0.3, -0.25) is 0 Å². The number of unbranched alkanes of at least 4 members (excludes halogenated alkanes) is 2. The normalized spacial score (nSPS) is 24.2. The fourth-order valence-electron chi connectivity index (χ4n) is 3.73. The number of carbonyl (C=O) groups excluding carboxylic acids is 2. The molecule has 1 aliphatic rings. The largest absolute Gasteiger partial charge is 0.464 e. The van der Waals surface area contributed by atoms with Crippen LogP contribution in [0, 0.1) is 17.8 Å². The van der Waals surface area contributed by atoms with Crippen LogP contribution in [0.4, 0.5) is 4.79 Å². The second-order valence-corrected chi connectivity index (χ2v) is 8.13. The highest BCUT2D eigenvalue weighted by molar-refractivity contribution is 5.81. The van der Waals surface area contributed by atoms with Crippen molar-refractivity contribution < 1.29 is 19.1 Å². The van der Waals surface area contributed by atoms with Gasteiger partial charge < -0.3 is 14.8 Å². The highest BCUT2D eigenvalue weighted by Gasteiger charge is 2.34. The second-order valence-electron chi connectivity index (χ2n) is 8.13. The van der Waals surface area contributed by atoms with Crippen LogP contribution in [-0.2, 0) is 14.3 Å². The van der Waals surface area contributed by atoms with Crippen molar-refractivity contribution in [1.29, 1.82) is 0 Å². The molecule has 0 bridgehead atoms. The van der Waals surface area contributed by atoms with Gasteiger partial charge in [-0.25, -0.2) is 9.59 Å². The zero-order valence-electron chi connectivity index (χ0n) is 17.4. The summed E-state index contributed by atoms with van der Waals surface area (Å²) in [5, 5.41) is 2.74. The molecule has 1 saturated carbocycles. The quantitative estimate of drug-likeness (QED) is 0.431. The van der Waals surface area contributed by atoms with E-state index in [1.165, 1.54) is 6.42 Å². The maximum Gasteiger partial charge on any atom is 0.408 e. The van der Waals surface area contributed by atoms with Crippen molar-refractivity contribution in [3.63, 3.8) is 0 Å². The van der Waals surface area contributed by atoms with Gasteiger partial charge in [0.25, 0.3) is 0 Å². The molecule has 1 N–H and O–H groups in total. The van der Waals surface area contributed by atoms with E-state index in [0.717, 1.165) is 38.5 Å². The molecule has 1 fully saturated rings. The Morgan fingerprint density at radius 2 is 1.85 bits per heavy atom. The Morgan fingerprint density at radius 3 is 2.46 bits per heavy atom. The third-order valence-electron chi connectivity index (χ3n) is 5.37. The number of carbonyl (C=O) groups is 2. The third kappa shape index (κ3) is 7.96. The number of hydrogen-bond acceptors (Lipinski definition) is 4. The summed E-state index contributed by atoms with van der Waals surface area (Å²) in [4.78, 5) is 24.7. The Hall–Kier alpha value is -1.26. The van der Waals surface area contributed by atoms with Gasteiger partial charge in [-0.05, 0) is 43.4 Å². The number of ether oxygens (including phenoxy) is 2. The van der Waals surface area contributed by atoms with Gasteiger partial charge in [0.1, 0.15) is 12.1 Å². The van der Waals surface area contributed by atoms with Crippen molar-refractivity contribution >= 4 is 12.1 Å². The minimum Gasteiger partial charge on any atom is -0.464 e. The van der Waals surface area contributed by atoms with Gasteiger partial charge in [0.05, 0.1) is 6.61 Å². The minimum absolute atomic E-state index is 0.0680. The number of esters is 1. The summed E-state index contributed by atoms with van der Waals surface area (Å²) in [7, 11) is 0. The van der Waals surface area contributed by atoms with Crippen LogP contribution < -0.4 is 5.32 Å². The number of nitrogens with one attached hydrogen (secondary N) is 1. The summed E-state index contributed by atoms with van der Waals surface area (Å²) in [6.07, 6.45) is 6.97. The lowest BCUT2D eigenvalue weighted by Crippen LogP contribution is -2.45. The Labute approximate surface area is 159 Å². The van der Waals surface area contributed by atoms with E-state index < -0.39 is 12.1 Å². The lowest BCUT2D eigenvalue weighted by Gasteiger charge is -2.36. The first-order chi connectivity index (χ1) is 12.4. The van der Waals surface area contributed by atoms with E-state index in [4.69, 9.17) is 9.47 Å². The maximum absolute atomic E-state index is 12.4. The fourth-order valence-corrected chi connectivity index (χ4v) is 3.73. The SMILES string of the molecule is CCCCCOC(=O)C(CCC)NC(=O)OC1CC(C)CCC1C(C)C. The molecule has 0 aromatic heterocycles. The van der Waals surface area contributed by atoms with Crippen molar-refractivity contribution in [3.8, 4) is 0 Å². The average molecular weight is 370 g/mol. The van der Waals surface area contributed by atoms with Crippen LogP contribution in [0.2, 0.25) is 0 Å². The lowest BCUT2D eigenvalue weighted by molar-refractivity contribution is -0.146. The standard InChI is InChI=1S/C21H39NO4/c1-6-8-9-13-25-20(23)18(10-7-2)22-21(24)26-19-14-16(5)11-12-17(19)15(3)4/h15-19H,6-14H2,1-5H3,(H,22,24). The molecule has 26 heavy (non-hydrogen) atoms. The van der Waals surface area contributed by atoms with Crippen LogP contribution in [0.1, 0.15) is 86.0 Å². The highest BCUT2D eigenvalue weighted by atomic mass is 16.6. The van der Waals surface area contributed by atoms with E-state index in [2.05, 4.69) is 33.0 Å². The van der Waals surface area contributed by atoms with Crippen LogP contribution in [0.3, 0.4) is 0 Å². The van der Waals surface area contributed by atoms with E-state index >= 15 is 0 Å². The van der Waals surface area contributed by atoms with Crippen LogP contribution >= 0.6 is 0 Å². The van der Waals surface area contributed by atoms with Gasteiger partial charge in [-0.15, -0.1) is 0 Å². The van der Waals surface area contributed by atoms with Gasteiger partial charge in [-0.1, -0.05) is 60.3 Å². The van der Waals surface area contributed by atoms with Crippen LogP contribution in [0.25, 0.3) is 0 Å². The predicted molar refractivity (Wildman–Crippen MR) is 104 cm³/mol. The molecule has 1 amide bonds. The van der Waals surface area contributed by atoms with Gasteiger partial charge in [0, 0.05) is 0 Å². The summed E-state index contributed by atoms with van der Waals surface area (Å²) in [6, 6.07) is -0.618. The topological polar surface area (TPSA) is 64.6 Å². The Kier molecular flexibility index (Phi) is 10.7. The molecule has 0 spiro atoms. The first-order valence-corrected chi connectivity index (χ1v) is 10.5. The molecule has 4 unspecified atom stereocenters. The first kappa shape index (κ1) is 22.8. The summed E-state index contributed by atoms with van der Waals surface area (Å²) in [5.41, 5.74) is 0. The van der Waals surface area contributed by atoms with Gasteiger partial charge in [0.15, 0.2) is 0 Å². The number of amides is 1. The van der Waals surface area contributed by atoms with Gasteiger partial charge in [0.2, 0.25) is 0 Å². The fraction of sp³-hybridized carbons (Fsp3) is 0.905. The molecule has 152 valence electrons. The summed E-state index contributed by atoms with van der Waals surface area (Å²) in [6.45, 7) is 11.1. The smallest absolute Gasteiger partial charge is 0.408 e. The minimum atomic E-state index is -0.618. The summed E-state index contributed by atoms with van der Waals surface area (Å²) in [5.74, 6) is 1.09. The highest BCUT2D eigenvalue weighted by Crippen LogP contribution is 2.35. The molecule has 1 rings (SSSR count). The summed E-state index contributed by atoms with van der Waals surface area (Å²) < 4.78 is 11.1. The molecule has 0 heterocycles. The average Bonchev–Trinajstić information content (AvgIpc) is 2.58. The number of rotatable bonds is 10. The van der Waals surface area contributed by atoms with Crippen molar-refractivity contribution in [2.75, 3.05) is 6.61 Å². The number of hydrogen-bond donors (Lipinski definition) is 1. The van der Waals surface area contributed by atoms with Gasteiger partial charge >= 0.3 is 12.1 Å². The number of alkyl carbamates (subject to hydrolysis) is 1. The van der Waals surface area contributed by atoms with Gasteiger partial charge in [-0.2, -0.15) is 0 Å². The van der Waals surface area contributed by atoms with Crippen LogP contribution in [-0.4, -0.2) is 30.8 Å². The van der Waals surface area contributed by atoms with Crippen LogP contribution in [0.15, 0.2) is 0 Å². The van der Waals surface area contributed by atoms with Crippen molar-refractivity contribution in [1.82, 2.24) is 5.32 Å². The molecule has 5 heteroatoms. The maximum atomic E-state index is 12.4. The lowest BCUT2D eigenvalue weighted by atomic mass is 9.75. The molecule has 0 saturated heterocycles. The molecule has 4 atom stereocenters. The van der Waals surface area contributed by atoms with Crippen molar-refractivity contribution in [2.45, 2.75) is 98.1 Å². The zero-order valence-corrected chi connectivity index (χ0v) is 17.4. The Balaban J connectivity index is 2.55. The Morgan fingerprint density at radius 1 is 1.12 bits per heavy atom. The third-order valence-corrected chi connectivity index (χ3v) is 5.37. The predicted octanol–water partition coefficient (Wildman–Crippen LogP) is 5.08. The Bertz CT molecular complexity index is 424. The van der Waals surface area contributed by atoms with E-state index in [1.807, 2.05) is 6.92 Å². The molecule has 0 aromatic carbocycles.